The minimum absolute atomic E-state index is 0.278. The van der Waals surface area contributed by atoms with Crippen molar-refractivity contribution in [2.75, 3.05) is 13.1 Å². The van der Waals surface area contributed by atoms with Gasteiger partial charge in [0.1, 0.15) is 6.17 Å². The van der Waals surface area contributed by atoms with E-state index in [1.165, 1.54) is 0 Å². The van der Waals surface area contributed by atoms with Gasteiger partial charge in [0, 0.05) is 25.2 Å². The zero-order chi connectivity index (χ0) is 13.2. The lowest BCUT2D eigenvalue weighted by Crippen LogP contribution is -2.21. The number of likely N-dealkylation sites (tertiary alicyclic amines) is 1. The minimum atomic E-state index is -1.15. The number of halogens is 1. The molecule has 0 radical (unpaired) electrons. The minimum Gasteiger partial charge on any atom is -0.389 e. The van der Waals surface area contributed by atoms with Crippen LogP contribution in [-0.4, -0.2) is 45.6 Å². The summed E-state index contributed by atoms with van der Waals surface area (Å²) in [6.45, 7) is 1.25. The van der Waals surface area contributed by atoms with Crippen molar-refractivity contribution in [3.8, 4) is 11.3 Å². The molecule has 0 amide bonds. The van der Waals surface area contributed by atoms with Gasteiger partial charge in [0.2, 0.25) is 0 Å². The van der Waals surface area contributed by atoms with E-state index in [2.05, 4.69) is 10.2 Å². The number of β-amino-alcohol motifs (C(OH)–C–C–N with tert-alkyl or cyclic N) is 1. The van der Waals surface area contributed by atoms with Crippen LogP contribution in [-0.2, 0) is 6.54 Å². The van der Waals surface area contributed by atoms with Crippen LogP contribution in [0.15, 0.2) is 36.5 Å². The molecule has 1 aliphatic rings. The number of alkyl halides is 1. The fourth-order valence-electron chi connectivity index (χ4n) is 2.48. The van der Waals surface area contributed by atoms with Gasteiger partial charge < -0.3 is 5.11 Å². The molecule has 1 aromatic heterocycles. The first-order valence-electron chi connectivity index (χ1n) is 6.36. The zero-order valence-corrected chi connectivity index (χ0v) is 10.5. The molecule has 1 aliphatic heterocycles. The Hall–Kier alpha value is -1.72. The van der Waals surface area contributed by atoms with Gasteiger partial charge in [0.05, 0.1) is 18.0 Å². The topological polar surface area (TPSA) is 52.1 Å². The highest BCUT2D eigenvalue weighted by Crippen LogP contribution is 2.24. The van der Waals surface area contributed by atoms with Crippen molar-refractivity contribution < 1.29 is 9.50 Å². The number of nitrogens with one attached hydrogen (secondary N) is 1. The first-order valence-corrected chi connectivity index (χ1v) is 6.36. The van der Waals surface area contributed by atoms with Gasteiger partial charge in [-0.2, -0.15) is 5.10 Å². The van der Waals surface area contributed by atoms with E-state index in [-0.39, 0.29) is 6.54 Å². The number of aliphatic hydroxyl groups excluding tert-OH is 1. The maximum Gasteiger partial charge on any atom is 0.140 e. The fourth-order valence-corrected chi connectivity index (χ4v) is 2.48. The van der Waals surface area contributed by atoms with Crippen LogP contribution in [0.5, 0.6) is 0 Å². The van der Waals surface area contributed by atoms with Gasteiger partial charge in [-0.25, -0.2) is 4.39 Å². The highest BCUT2D eigenvalue weighted by molar-refractivity contribution is 5.62. The van der Waals surface area contributed by atoms with E-state index in [4.69, 9.17) is 0 Å². The average molecular weight is 261 g/mol. The number of aliphatic hydroxyl groups is 1. The van der Waals surface area contributed by atoms with Crippen LogP contribution >= 0.6 is 0 Å². The second-order valence-corrected chi connectivity index (χ2v) is 4.91. The predicted octanol–water partition coefficient (Wildman–Crippen LogP) is 1.59. The van der Waals surface area contributed by atoms with Gasteiger partial charge in [0.25, 0.3) is 0 Å². The molecule has 0 bridgehead atoms. The van der Waals surface area contributed by atoms with Gasteiger partial charge in [0.15, 0.2) is 0 Å². The van der Waals surface area contributed by atoms with Crippen LogP contribution in [0.4, 0.5) is 4.39 Å². The summed E-state index contributed by atoms with van der Waals surface area (Å²) in [7, 11) is 0. The fraction of sp³-hybridized carbons (Fsp3) is 0.357. The number of aromatic amines is 1. The summed E-state index contributed by atoms with van der Waals surface area (Å²) in [5.41, 5.74) is 3.04. The van der Waals surface area contributed by atoms with Gasteiger partial charge >= 0.3 is 0 Å². The van der Waals surface area contributed by atoms with Gasteiger partial charge in [-0.15, -0.1) is 0 Å². The standard InChI is InChI=1S/C14H16FN3O/c15-12-8-18(9-13(12)19)7-11-6-16-17-14(11)10-4-2-1-3-5-10/h1-6,12-13,19H,7-9H2,(H,16,17)/t12-,13-/m1/s1. The van der Waals surface area contributed by atoms with E-state index in [1.54, 1.807) is 6.20 Å². The second-order valence-electron chi connectivity index (χ2n) is 4.91. The largest absolute Gasteiger partial charge is 0.389 e. The Morgan fingerprint density at radius 3 is 2.79 bits per heavy atom. The lowest BCUT2D eigenvalue weighted by atomic mass is 10.1. The van der Waals surface area contributed by atoms with Gasteiger partial charge in [-0.1, -0.05) is 30.3 Å². The van der Waals surface area contributed by atoms with Crippen LogP contribution in [0.25, 0.3) is 11.3 Å². The molecule has 2 N–H and O–H groups in total. The summed E-state index contributed by atoms with van der Waals surface area (Å²) in [5, 5.41) is 16.5. The highest BCUT2D eigenvalue weighted by atomic mass is 19.1. The Bertz CT molecular complexity index is 533. The molecule has 5 heteroatoms. The Kier molecular flexibility index (Phi) is 3.31. The van der Waals surface area contributed by atoms with Crippen molar-refractivity contribution in [3.05, 3.63) is 42.1 Å². The first kappa shape index (κ1) is 12.3. The molecule has 0 saturated carbocycles. The van der Waals surface area contributed by atoms with E-state index in [0.29, 0.717) is 13.1 Å². The third-order valence-corrected chi connectivity index (χ3v) is 3.47. The number of hydrogen-bond acceptors (Lipinski definition) is 3. The van der Waals surface area contributed by atoms with E-state index >= 15 is 0 Å². The van der Waals surface area contributed by atoms with Crippen molar-refractivity contribution in [2.45, 2.75) is 18.8 Å². The lowest BCUT2D eigenvalue weighted by molar-refractivity contribution is 0.115. The Morgan fingerprint density at radius 1 is 1.32 bits per heavy atom. The zero-order valence-electron chi connectivity index (χ0n) is 10.5. The summed E-state index contributed by atoms with van der Waals surface area (Å²) in [6, 6.07) is 9.92. The lowest BCUT2D eigenvalue weighted by Gasteiger charge is -2.14. The summed E-state index contributed by atoms with van der Waals surface area (Å²) in [6.07, 6.45) is -0.251. The van der Waals surface area contributed by atoms with Crippen molar-refractivity contribution in [1.29, 1.82) is 0 Å². The number of hydrogen-bond donors (Lipinski definition) is 2. The van der Waals surface area contributed by atoms with E-state index < -0.39 is 12.3 Å². The van der Waals surface area contributed by atoms with Crippen LogP contribution < -0.4 is 0 Å². The van der Waals surface area contributed by atoms with Crippen molar-refractivity contribution in [2.24, 2.45) is 0 Å². The Labute approximate surface area is 110 Å². The highest BCUT2D eigenvalue weighted by Gasteiger charge is 2.31. The van der Waals surface area contributed by atoms with E-state index in [1.807, 2.05) is 35.2 Å². The number of benzene rings is 1. The molecule has 2 aromatic rings. The van der Waals surface area contributed by atoms with Crippen molar-refractivity contribution in [3.63, 3.8) is 0 Å². The number of aromatic nitrogens is 2. The normalized spacial score (nSPS) is 23.9. The molecule has 0 spiro atoms. The molecule has 1 saturated heterocycles. The summed E-state index contributed by atoms with van der Waals surface area (Å²) in [4.78, 5) is 1.91. The monoisotopic (exact) mass is 261 g/mol. The Morgan fingerprint density at radius 2 is 2.11 bits per heavy atom. The Balaban J connectivity index is 1.78. The summed E-state index contributed by atoms with van der Waals surface area (Å²) < 4.78 is 13.3. The number of rotatable bonds is 3. The summed E-state index contributed by atoms with van der Waals surface area (Å²) in [5.74, 6) is 0. The molecule has 4 nitrogen and oxygen atoms in total. The molecular formula is C14H16FN3O. The first-order chi connectivity index (χ1) is 9.24. The van der Waals surface area contributed by atoms with Crippen LogP contribution in [0.2, 0.25) is 0 Å². The van der Waals surface area contributed by atoms with Gasteiger partial charge in [-0.05, 0) is 5.56 Å². The third kappa shape index (κ3) is 2.52. The molecule has 100 valence electrons. The molecule has 0 aliphatic carbocycles. The molecule has 2 heterocycles. The van der Waals surface area contributed by atoms with E-state index in [9.17, 15) is 9.50 Å². The van der Waals surface area contributed by atoms with Gasteiger partial charge in [-0.3, -0.25) is 10.00 Å². The molecule has 0 unspecified atom stereocenters. The molecule has 19 heavy (non-hydrogen) atoms. The summed E-state index contributed by atoms with van der Waals surface area (Å²) >= 11 is 0. The second kappa shape index (κ2) is 5.11. The SMILES string of the molecule is O[C@@H]1CN(Cc2cn[nH]c2-c2ccccc2)C[C@H]1F. The number of nitrogens with zero attached hydrogens (tertiary/aromatic N) is 2. The molecular weight excluding hydrogens is 245 g/mol. The smallest absolute Gasteiger partial charge is 0.140 e. The quantitative estimate of drug-likeness (QED) is 0.882. The molecule has 2 atom stereocenters. The van der Waals surface area contributed by atoms with E-state index in [0.717, 1.165) is 16.8 Å². The van der Waals surface area contributed by atoms with Crippen molar-refractivity contribution in [1.82, 2.24) is 15.1 Å². The van der Waals surface area contributed by atoms with Crippen LogP contribution in [0, 0.1) is 0 Å². The third-order valence-electron chi connectivity index (χ3n) is 3.47. The average Bonchev–Trinajstić information content (AvgIpc) is 2.99. The molecule has 1 fully saturated rings. The molecule has 3 rings (SSSR count). The van der Waals surface area contributed by atoms with Crippen LogP contribution in [0.1, 0.15) is 5.56 Å². The van der Waals surface area contributed by atoms with Crippen molar-refractivity contribution >= 4 is 0 Å². The predicted molar refractivity (Wildman–Crippen MR) is 70.2 cm³/mol. The number of H-pyrrole nitrogens is 1. The maximum absolute atomic E-state index is 13.3. The molecule has 1 aromatic carbocycles. The van der Waals surface area contributed by atoms with Crippen LogP contribution in [0.3, 0.4) is 0 Å². The maximum atomic E-state index is 13.3.